The standard InChI is InChI=1S/C15H16N2O4/c1-16-10-11-3-5-13(6-4-11)21-15-8-12(17(18)19)7-14(9-15)20-2/h3-9,16H,10H2,1-2H3. The first-order valence-electron chi connectivity index (χ1n) is 6.37. The molecule has 1 N–H and O–H groups in total. The molecule has 0 atom stereocenters. The fraction of sp³-hybridized carbons (Fsp3) is 0.200. The molecule has 0 aliphatic rings. The maximum Gasteiger partial charge on any atom is 0.276 e. The third kappa shape index (κ3) is 3.93. The van der Waals surface area contributed by atoms with E-state index in [1.54, 1.807) is 6.07 Å². The zero-order valence-corrected chi connectivity index (χ0v) is 11.8. The van der Waals surface area contributed by atoms with Crippen LogP contribution in [0.25, 0.3) is 0 Å². The highest BCUT2D eigenvalue weighted by molar-refractivity contribution is 5.47. The zero-order valence-electron chi connectivity index (χ0n) is 11.8. The molecule has 0 saturated carbocycles. The van der Waals surface area contributed by atoms with Crippen molar-refractivity contribution in [2.24, 2.45) is 0 Å². The molecule has 0 aromatic heterocycles. The molecule has 0 amide bonds. The highest BCUT2D eigenvalue weighted by Gasteiger charge is 2.11. The minimum absolute atomic E-state index is 0.0730. The summed E-state index contributed by atoms with van der Waals surface area (Å²) < 4.78 is 10.7. The number of methoxy groups -OCH3 is 1. The molecule has 21 heavy (non-hydrogen) atoms. The second-order valence-electron chi connectivity index (χ2n) is 4.40. The van der Waals surface area contributed by atoms with Gasteiger partial charge in [-0.3, -0.25) is 10.1 Å². The van der Waals surface area contributed by atoms with Crippen molar-refractivity contribution in [2.45, 2.75) is 6.54 Å². The molecule has 2 aromatic rings. The van der Waals surface area contributed by atoms with Crippen molar-refractivity contribution in [1.29, 1.82) is 0 Å². The van der Waals surface area contributed by atoms with E-state index in [0.717, 1.165) is 12.1 Å². The Hall–Kier alpha value is -2.60. The SMILES string of the molecule is CNCc1ccc(Oc2cc(OC)cc([N+](=O)[O-])c2)cc1. The number of nitro groups is 1. The Morgan fingerprint density at radius 3 is 2.33 bits per heavy atom. The van der Waals surface area contributed by atoms with Crippen molar-refractivity contribution < 1.29 is 14.4 Å². The van der Waals surface area contributed by atoms with Crippen LogP contribution in [0, 0.1) is 10.1 Å². The predicted octanol–water partition coefficient (Wildman–Crippen LogP) is 3.12. The van der Waals surface area contributed by atoms with Gasteiger partial charge < -0.3 is 14.8 Å². The van der Waals surface area contributed by atoms with Crippen LogP contribution in [0.2, 0.25) is 0 Å². The van der Waals surface area contributed by atoms with Gasteiger partial charge in [-0.05, 0) is 24.7 Å². The molecule has 0 fully saturated rings. The van der Waals surface area contributed by atoms with Gasteiger partial charge in [-0.2, -0.15) is 0 Å². The van der Waals surface area contributed by atoms with Crippen LogP contribution < -0.4 is 14.8 Å². The molecule has 2 aromatic carbocycles. The smallest absolute Gasteiger partial charge is 0.276 e. The van der Waals surface area contributed by atoms with Crippen LogP contribution in [0.4, 0.5) is 5.69 Å². The molecule has 0 saturated heterocycles. The maximum atomic E-state index is 10.9. The minimum atomic E-state index is -0.481. The van der Waals surface area contributed by atoms with Crippen LogP contribution in [-0.2, 0) is 6.54 Å². The third-order valence-corrected chi connectivity index (χ3v) is 2.85. The van der Waals surface area contributed by atoms with Crippen molar-refractivity contribution >= 4 is 5.69 Å². The van der Waals surface area contributed by atoms with E-state index in [2.05, 4.69) is 5.32 Å². The van der Waals surface area contributed by atoms with Crippen LogP contribution >= 0.6 is 0 Å². The molecule has 0 spiro atoms. The lowest BCUT2D eigenvalue weighted by molar-refractivity contribution is -0.385. The van der Waals surface area contributed by atoms with Gasteiger partial charge in [0.2, 0.25) is 0 Å². The number of nitrogens with zero attached hydrogens (tertiary/aromatic N) is 1. The fourth-order valence-electron chi connectivity index (χ4n) is 1.85. The van der Waals surface area contributed by atoms with Crippen molar-refractivity contribution in [1.82, 2.24) is 5.32 Å². The van der Waals surface area contributed by atoms with Crippen molar-refractivity contribution in [3.05, 3.63) is 58.1 Å². The molecule has 6 heteroatoms. The van der Waals surface area contributed by atoms with Crippen LogP contribution in [-0.4, -0.2) is 19.1 Å². The van der Waals surface area contributed by atoms with E-state index in [1.807, 2.05) is 31.3 Å². The molecule has 6 nitrogen and oxygen atoms in total. The average Bonchev–Trinajstić information content (AvgIpc) is 2.49. The highest BCUT2D eigenvalue weighted by atomic mass is 16.6. The molecule has 0 bridgehead atoms. The number of benzene rings is 2. The van der Waals surface area contributed by atoms with Crippen LogP contribution in [0.1, 0.15) is 5.56 Å². The quantitative estimate of drug-likeness (QED) is 0.653. The number of nitro benzene ring substituents is 1. The summed E-state index contributed by atoms with van der Waals surface area (Å²) in [5.74, 6) is 1.35. The van der Waals surface area contributed by atoms with Gasteiger partial charge in [-0.15, -0.1) is 0 Å². The zero-order chi connectivity index (χ0) is 15.2. The molecule has 0 heterocycles. The molecule has 0 aliphatic heterocycles. The lowest BCUT2D eigenvalue weighted by Crippen LogP contribution is -2.04. The van der Waals surface area contributed by atoms with Gasteiger partial charge in [0, 0.05) is 12.6 Å². The van der Waals surface area contributed by atoms with E-state index in [1.165, 1.54) is 19.2 Å². The number of non-ortho nitro benzene ring substituents is 1. The normalized spacial score (nSPS) is 10.2. The molecule has 0 unspecified atom stereocenters. The van der Waals surface area contributed by atoms with Crippen molar-refractivity contribution in [3.63, 3.8) is 0 Å². The fourth-order valence-corrected chi connectivity index (χ4v) is 1.85. The van der Waals surface area contributed by atoms with Gasteiger partial charge in [-0.1, -0.05) is 12.1 Å². The molecule has 110 valence electrons. The Balaban J connectivity index is 2.21. The lowest BCUT2D eigenvalue weighted by atomic mass is 10.2. The first-order valence-corrected chi connectivity index (χ1v) is 6.37. The monoisotopic (exact) mass is 288 g/mol. The average molecular weight is 288 g/mol. The number of rotatable bonds is 6. The number of hydrogen-bond acceptors (Lipinski definition) is 5. The number of nitrogens with one attached hydrogen (secondary N) is 1. The first kappa shape index (κ1) is 14.8. The first-order chi connectivity index (χ1) is 10.1. The number of hydrogen-bond donors (Lipinski definition) is 1. The molecular formula is C15H16N2O4. The van der Waals surface area contributed by atoms with Crippen LogP contribution in [0.15, 0.2) is 42.5 Å². The summed E-state index contributed by atoms with van der Waals surface area (Å²) >= 11 is 0. The molecule has 2 rings (SSSR count). The van der Waals surface area contributed by atoms with E-state index in [9.17, 15) is 10.1 Å². The Labute approximate surface area is 122 Å². The summed E-state index contributed by atoms with van der Waals surface area (Å²) in [7, 11) is 3.33. The predicted molar refractivity (Wildman–Crippen MR) is 78.9 cm³/mol. The molecule has 0 radical (unpaired) electrons. The minimum Gasteiger partial charge on any atom is -0.496 e. The van der Waals surface area contributed by atoms with E-state index in [0.29, 0.717) is 17.2 Å². The van der Waals surface area contributed by atoms with Gasteiger partial charge in [0.05, 0.1) is 24.2 Å². The summed E-state index contributed by atoms with van der Waals surface area (Å²) in [6, 6.07) is 11.8. The second-order valence-corrected chi connectivity index (χ2v) is 4.40. The molecular weight excluding hydrogens is 272 g/mol. The van der Waals surface area contributed by atoms with Gasteiger partial charge in [0.1, 0.15) is 17.2 Å². The van der Waals surface area contributed by atoms with E-state index < -0.39 is 4.92 Å². The lowest BCUT2D eigenvalue weighted by Gasteiger charge is -2.08. The van der Waals surface area contributed by atoms with E-state index in [-0.39, 0.29) is 5.69 Å². The summed E-state index contributed by atoms with van der Waals surface area (Å²) in [5.41, 5.74) is 1.05. The van der Waals surface area contributed by atoms with Gasteiger partial charge in [0.15, 0.2) is 0 Å². The Morgan fingerprint density at radius 2 is 1.76 bits per heavy atom. The third-order valence-electron chi connectivity index (χ3n) is 2.85. The van der Waals surface area contributed by atoms with Gasteiger partial charge >= 0.3 is 0 Å². The number of ether oxygens (including phenoxy) is 2. The van der Waals surface area contributed by atoms with Crippen LogP contribution in [0.5, 0.6) is 17.2 Å². The summed E-state index contributed by atoms with van der Waals surface area (Å²) in [5, 5.41) is 13.9. The summed E-state index contributed by atoms with van der Waals surface area (Å²) in [4.78, 5) is 10.4. The Kier molecular flexibility index (Phi) is 4.73. The second kappa shape index (κ2) is 6.71. The van der Waals surface area contributed by atoms with E-state index >= 15 is 0 Å². The Bertz CT molecular complexity index is 626. The van der Waals surface area contributed by atoms with Gasteiger partial charge in [0.25, 0.3) is 5.69 Å². The Morgan fingerprint density at radius 1 is 1.10 bits per heavy atom. The largest absolute Gasteiger partial charge is 0.496 e. The molecule has 0 aliphatic carbocycles. The van der Waals surface area contributed by atoms with Gasteiger partial charge in [-0.25, -0.2) is 0 Å². The highest BCUT2D eigenvalue weighted by Crippen LogP contribution is 2.30. The van der Waals surface area contributed by atoms with Crippen molar-refractivity contribution in [3.8, 4) is 17.2 Å². The maximum absolute atomic E-state index is 10.9. The summed E-state index contributed by atoms with van der Waals surface area (Å²) in [6.07, 6.45) is 0. The summed E-state index contributed by atoms with van der Waals surface area (Å²) in [6.45, 7) is 0.769. The van der Waals surface area contributed by atoms with Crippen LogP contribution in [0.3, 0.4) is 0 Å². The van der Waals surface area contributed by atoms with Crippen molar-refractivity contribution in [2.75, 3.05) is 14.2 Å². The van der Waals surface area contributed by atoms with E-state index in [4.69, 9.17) is 9.47 Å². The topological polar surface area (TPSA) is 73.6 Å².